The fourth-order valence-electron chi connectivity index (χ4n) is 3.27. The van der Waals surface area contributed by atoms with E-state index in [9.17, 15) is 13.2 Å². The molecule has 8 nitrogen and oxygen atoms in total. The van der Waals surface area contributed by atoms with Crippen molar-refractivity contribution in [3.63, 3.8) is 0 Å². The lowest BCUT2D eigenvalue weighted by molar-refractivity contribution is -0.120. The first-order valence-electron chi connectivity index (χ1n) is 8.76. The Hall–Kier alpha value is -2.91. The molecular formula is C19H20N4O4S. The Morgan fingerprint density at radius 2 is 1.96 bits per heavy atom. The molecule has 2 N–H and O–H groups in total. The van der Waals surface area contributed by atoms with Gasteiger partial charge in [-0.05, 0) is 25.1 Å². The van der Waals surface area contributed by atoms with Gasteiger partial charge >= 0.3 is 0 Å². The van der Waals surface area contributed by atoms with Gasteiger partial charge in [0.05, 0.1) is 22.5 Å². The number of nitrogens with zero attached hydrogens (tertiary/aromatic N) is 2. The number of amides is 1. The molecule has 1 atom stereocenters. The Morgan fingerprint density at radius 3 is 2.68 bits per heavy atom. The van der Waals surface area contributed by atoms with Crippen molar-refractivity contribution in [1.29, 1.82) is 0 Å². The van der Waals surface area contributed by atoms with Crippen molar-refractivity contribution < 1.29 is 17.9 Å². The molecule has 0 fully saturated rings. The molecule has 1 amide bonds. The summed E-state index contributed by atoms with van der Waals surface area (Å²) in [5.41, 5.74) is 0.574. The van der Waals surface area contributed by atoms with Gasteiger partial charge in [-0.25, -0.2) is 17.4 Å². The van der Waals surface area contributed by atoms with Crippen LogP contribution in [0.4, 0.5) is 11.4 Å². The molecule has 28 heavy (non-hydrogen) atoms. The van der Waals surface area contributed by atoms with E-state index in [1.165, 1.54) is 12.4 Å². The third kappa shape index (κ3) is 2.83. The van der Waals surface area contributed by atoms with Gasteiger partial charge in [-0.2, -0.15) is 0 Å². The van der Waals surface area contributed by atoms with Gasteiger partial charge in [0.15, 0.2) is 5.65 Å². The number of nitrogens with one attached hydrogen (secondary N) is 2. The third-order valence-electron chi connectivity index (χ3n) is 4.94. The van der Waals surface area contributed by atoms with Crippen LogP contribution >= 0.6 is 0 Å². The van der Waals surface area contributed by atoms with Crippen molar-refractivity contribution in [2.24, 2.45) is 0 Å². The van der Waals surface area contributed by atoms with Crippen LogP contribution in [0.1, 0.15) is 13.3 Å². The van der Waals surface area contributed by atoms with Gasteiger partial charge in [-0.15, -0.1) is 0 Å². The zero-order valence-corrected chi connectivity index (χ0v) is 16.3. The summed E-state index contributed by atoms with van der Waals surface area (Å²) in [5, 5.41) is 6.73. The molecule has 0 bridgehead atoms. The fourth-order valence-corrected chi connectivity index (χ4v) is 4.59. The third-order valence-corrected chi connectivity index (χ3v) is 6.62. The Bertz CT molecular complexity index is 1160. The highest BCUT2D eigenvalue weighted by molar-refractivity contribution is 7.90. The minimum atomic E-state index is -3.78. The van der Waals surface area contributed by atoms with E-state index < -0.39 is 15.6 Å². The van der Waals surface area contributed by atoms with Crippen LogP contribution in [0.5, 0.6) is 0 Å². The molecule has 1 aromatic carbocycles. The standard InChI is InChI=1S/C19H20N4O4S/c1-19(9-11-27-2)18(24)21-15-12-20-17-14(16(15)22-19)8-10-23(17)28(25,26)13-6-4-3-5-7-13/h3-8,10,12,22H,9,11H2,1-2H3,(H,21,24). The number of hydrogen-bond acceptors (Lipinski definition) is 6. The highest BCUT2D eigenvalue weighted by Gasteiger charge is 2.38. The molecule has 0 saturated heterocycles. The highest BCUT2D eigenvalue weighted by atomic mass is 32.2. The molecule has 0 spiro atoms. The molecule has 0 saturated carbocycles. The zero-order chi connectivity index (χ0) is 19.9. The summed E-state index contributed by atoms with van der Waals surface area (Å²) in [7, 11) is -2.21. The minimum Gasteiger partial charge on any atom is -0.385 e. The topological polar surface area (TPSA) is 102 Å². The minimum absolute atomic E-state index is 0.179. The zero-order valence-electron chi connectivity index (χ0n) is 15.5. The Morgan fingerprint density at radius 1 is 1.21 bits per heavy atom. The monoisotopic (exact) mass is 400 g/mol. The molecule has 9 heteroatoms. The molecule has 3 aromatic rings. The van der Waals surface area contributed by atoms with Crippen molar-refractivity contribution in [1.82, 2.24) is 8.96 Å². The quantitative estimate of drug-likeness (QED) is 0.682. The highest BCUT2D eigenvalue weighted by Crippen LogP contribution is 2.38. The number of fused-ring (bicyclic) bond motifs is 3. The summed E-state index contributed by atoms with van der Waals surface area (Å²) in [6, 6.07) is 9.87. The Balaban J connectivity index is 1.83. The molecule has 146 valence electrons. The van der Waals surface area contributed by atoms with E-state index in [1.54, 1.807) is 50.4 Å². The fraction of sp³-hybridized carbons (Fsp3) is 0.263. The van der Waals surface area contributed by atoms with Crippen molar-refractivity contribution >= 4 is 38.3 Å². The number of carbonyl (C=O) groups is 1. The molecule has 3 heterocycles. The number of benzene rings is 1. The van der Waals surface area contributed by atoms with E-state index in [2.05, 4.69) is 15.6 Å². The van der Waals surface area contributed by atoms with Crippen LogP contribution in [0.25, 0.3) is 11.0 Å². The molecule has 1 aliphatic rings. The average Bonchev–Trinajstić information content (AvgIpc) is 3.14. The number of anilines is 2. The van der Waals surface area contributed by atoms with Gasteiger partial charge < -0.3 is 15.4 Å². The van der Waals surface area contributed by atoms with Crippen LogP contribution < -0.4 is 10.6 Å². The molecule has 0 radical (unpaired) electrons. The van der Waals surface area contributed by atoms with Crippen molar-refractivity contribution in [2.75, 3.05) is 24.4 Å². The van der Waals surface area contributed by atoms with Gasteiger partial charge in [-0.1, -0.05) is 18.2 Å². The smallest absolute Gasteiger partial charge is 0.269 e. The maximum absolute atomic E-state index is 13.0. The summed E-state index contributed by atoms with van der Waals surface area (Å²) in [6.07, 6.45) is 3.40. The first-order chi connectivity index (χ1) is 13.4. The van der Waals surface area contributed by atoms with Crippen LogP contribution in [0, 0.1) is 0 Å². The number of aromatic nitrogens is 2. The van der Waals surface area contributed by atoms with Crippen molar-refractivity contribution in [2.45, 2.75) is 23.8 Å². The van der Waals surface area contributed by atoms with E-state index in [4.69, 9.17) is 4.74 Å². The first-order valence-corrected chi connectivity index (χ1v) is 10.2. The Kier molecular flexibility index (Phi) is 4.35. The molecular weight excluding hydrogens is 380 g/mol. The second-order valence-electron chi connectivity index (χ2n) is 6.87. The van der Waals surface area contributed by atoms with E-state index >= 15 is 0 Å². The molecule has 2 aromatic heterocycles. The number of rotatable bonds is 5. The van der Waals surface area contributed by atoms with Gasteiger partial charge in [-0.3, -0.25) is 4.79 Å². The lowest BCUT2D eigenvalue weighted by atomic mass is 9.93. The Labute approximate surface area is 162 Å². The predicted octanol–water partition coefficient (Wildman–Crippen LogP) is 2.43. The lowest BCUT2D eigenvalue weighted by Crippen LogP contribution is -2.50. The van der Waals surface area contributed by atoms with E-state index in [0.29, 0.717) is 35.4 Å². The van der Waals surface area contributed by atoms with E-state index in [0.717, 1.165) is 3.97 Å². The lowest BCUT2D eigenvalue weighted by Gasteiger charge is -2.35. The first kappa shape index (κ1) is 18.5. The number of methoxy groups -OCH3 is 1. The summed E-state index contributed by atoms with van der Waals surface area (Å²) >= 11 is 0. The van der Waals surface area contributed by atoms with Gasteiger partial charge in [0.25, 0.3) is 10.0 Å². The predicted molar refractivity (Wildman–Crippen MR) is 106 cm³/mol. The van der Waals surface area contributed by atoms with Crippen LogP contribution in [-0.2, 0) is 19.6 Å². The maximum Gasteiger partial charge on any atom is 0.269 e. The van der Waals surface area contributed by atoms with Gasteiger partial charge in [0, 0.05) is 31.7 Å². The largest absolute Gasteiger partial charge is 0.385 e. The normalized spacial score (nSPS) is 19.1. The molecule has 1 unspecified atom stereocenters. The summed E-state index contributed by atoms with van der Waals surface area (Å²) < 4.78 is 32.3. The summed E-state index contributed by atoms with van der Waals surface area (Å²) in [4.78, 5) is 17.0. The van der Waals surface area contributed by atoms with Crippen molar-refractivity contribution in [3.8, 4) is 0 Å². The summed E-state index contributed by atoms with van der Waals surface area (Å²) in [6.45, 7) is 2.19. The second kappa shape index (κ2) is 6.61. The SMILES string of the molecule is COCCC1(C)Nc2c(cnc3c2ccn3S(=O)(=O)c2ccccc2)NC1=O. The van der Waals surface area contributed by atoms with E-state index in [1.807, 2.05) is 0 Å². The number of pyridine rings is 1. The maximum atomic E-state index is 13.0. The van der Waals surface area contributed by atoms with E-state index in [-0.39, 0.29) is 10.8 Å². The van der Waals surface area contributed by atoms with Crippen LogP contribution in [0.15, 0.2) is 53.7 Å². The summed E-state index contributed by atoms with van der Waals surface area (Å²) in [5.74, 6) is -0.186. The number of ether oxygens (including phenoxy) is 1. The average molecular weight is 400 g/mol. The van der Waals surface area contributed by atoms with Crippen LogP contribution in [0.2, 0.25) is 0 Å². The number of hydrogen-bond donors (Lipinski definition) is 2. The van der Waals surface area contributed by atoms with Crippen molar-refractivity contribution in [3.05, 3.63) is 48.8 Å². The van der Waals surface area contributed by atoms with Gasteiger partial charge in [0.1, 0.15) is 5.54 Å². The van der Waals surface area contributed by atoms with Gasteiger partial charge in [0.2, 0.25) is 5.91 Å². The van der Waals surface area contributed by atoms with Crippen LogP contribution in [-0.4, -0.2) is 42.5 Å². The second-order valence-corrected chi connectivity index (χ2v) is 8.68. The van der Waals surface area contributed by atoms with Crippen LogP contribution in [0.3, 0.4) is 0 Å². The number of carbonyl (C=O) groups excluding carboxylic acids is 1. The molecule has 1 aliphatic heterocycles. The molecule has 4 rings (SSSR count). The molecule has 0 aliphatic carbocycles.